The Balaban J connectivity index is 2.06. The SMILES string of the molecule is Cc1ccc(C(N)=S)c(NCCc2ccc(Cl)cc2Cl)c1. The molecule has 0 amide bonds. The van der Waals surface area contributed by atoms with Crippen LogP contribution in [0, 0.1) is 6.92 Å². The lowest BCUT2D eigenvalue weighted by Crippen LogP contribution is -2.14. The van der Waals surface area contributed by atoms with Gasteiger partial charge in [-0.15, -0.1) is 0 Å². The normalized spacial score (nSPS) is 10.4. The van der Waals surface area contributed by atoms with Crippen LogP contribution in [-0.2, 0) is 6.42 Å². The molecule has 0 heterocycles. The number of hydrogen-bond donors (Lipinski definition) is 2. The zero-order valence-corrected chi connectivity index (χ0v) is 13.9. The van der Waals surface area contributed by atoms with Crippen molar-refractivity contribution in [2.75, 3.05) is 11.9 Å². The second-order valence-corrected chi connectivity index (χ2v) is 6.11. The summed E-state index contributed by atoms with van der Waals surface area (Å²) in [6, 6.07) is 11.5. The molecule has 5 heteroatoms. The van der Waals surface area contributed by atoms with Gasteiger partial charge in [0.25, 0.3) is 0 Å². The predicted octanol–water partition coefficient (Wildman–Crippen LogP) is 4.59. The maximum Gasteiger partial charge on any atom is 0.106 e. The van der Waals surface area contributed by atoms with E-state index in [9.17, 15) is 0 Å². The van der Waals surface area contributed by atoms with Gasteiger partial charge in [0.15, 0.2) is 0 Å². The first-order chi connectivity index (χ1) is 9.97. The van der Waals surface area contributed by atoms with Crippen molar-refractivity contribution in [2.24, 2.45) is 5.73 Å². The maximum atomic E-state index is 6.17. The van der Waals surface area contributed by atoms with Crippen molar-refractivity contribution in [1.29, 1.82) is 0 Å². The second kappa shape index (κ2) is 7.12. The number of nitrogens with one attached hydrogen (secondary N) is 1. The Morgan fingerprint density at radius 1 is 1.19 bits per heavy atom. The molecule has 0 radical (unpaired) electrons. The molecule has 0 aliphatic rings. The van der Waals surface area contributed by atoms with Gasteiger partial charge >= 0.3 is 0 Å². The average Bonchev–Trinajstić information content (AvgIpc) is 2.41. The Labute approximate surface area is 140 Å². The van der Waals surface area contributed by atoms with Gasteiger partial charge in [0.1, 0.15) is 4.99 Å². The fourth-order valence-corrected chi connectivity index (χ4v) is 2.76. The van der Waals surface area contributed by atoms with E-state index in [0.717, 1.165) is 35.3 Å². The van der Waals surface area contributed by atoms with E-state index in [4.69, 9.17) is 41.2 Å². The van der Waals surface area contributed by atoms with Gasteiger partial charge < -0.3 is 11.1 Å². The Morgan fingerprint density at radius 3 is 2.62 bits per heavy atom. The fraction of sp³-hybridized carbons (Fsp3) is 0.188. The molecule has 110 valence electrons. The molecule has 2 aromatic carbocycles. The highest BCUT2D eigenvalue weighted by molar-refractivity contribution is 7.80. The topological polar surface area (TPSA) is 38.0 Å². The lowest BCUT2D eigenvalue weighted by molar-refractivity contribution is 1.02. The standard InChI is InChI=1S/C16H16Cl2N2S/c1-10-2-5-13(16(19)21)15(8-10)20-7-6-11-3-4-12(17)9-14(11)18/h2-5,8-9,20H,6-7H2,1H3,(H2,19,21). The number of rotatable bonds is 5. The van der Waals surface area contributed by atoms with Crippen LogP contribution in [0.25, 0.3) is 0 Å². The number of benzene rings is 2. The molecule has 0 aliphatic heterocycles. The molecule has 21 heavy (non-hydrogen) atoms. The van der Waals surface area contributed by atoms with E-state index in [1.54, 1.807) is 6.07 Å². The average molecular weight is 339 g/mol. The molecule has 0 spiro atoms. The second-order valence-electron chi connectivity index (χ2n) is 4.83. The minimum absolute atomic E-state index is 0.391. The minimum Gasteiger partial charge on any atom is -0.389 e. The van der Waals surface area contributed by atoms with Crippen LogP contribution < -0.4 is 11.1 Å². The van der Waals surface area contributed by atoms with E-state index in [2.05, 4.69) is 5.32 Å². The van der Waals surface area contributed by atoms with Gasteiger partial charge in [-0.05, 0) is 48.7 Å². The zero-order chi connectivity index (χ0) is 15.4. The molecule has 0 unspecified atom stereocenters. The van der Waals surface area contributed by atoms with Crippen LogP contribution in [0.2, 0.25) is 10.0 Å². The van der Waals surface area contributed by atoms with E-state index in [1.807, 2.05) is 37.3 Å². The van der Waals surface area contributed by atoms with Gasteiger partial charge in [-0.3, -0.25) is 0 Å². The smallest absolute Gasteiger partial charge is 0.106 e. The molecule has 3 N–H and O–H groups in total. The molecular formula is C16H16Cl2N2S. The molecule has 0 atom stereocenters. The molecule has 0 aromatic heterocycles. The van der Waals surface area contributed by atoms with Gasteiger partial charge in [0.05, 0.1) is 0 Å². The molecule has 2 rings (SSSR count). The van der Waals surface area contributed by atoms with Crippen molar-refractivity contribution >= 4 is 46.1 Å². The molecule has 0 fully saturated rings. The van der Waals surface area contributed by atoms with Gasteiger partial charge in [-0.2, -0.15) is 0 Å². The third-order valence-corrected chi connectivity index (χ3v) is 3.97. The van der Waals surface area contributed by atoms with E-state index in [0.29, 0.717) is 15.0 Å². The van der Waals surface area contributed by atoms with Crippen LogP contribution >= 0.6 is 35.4 Å². The molecular weight excluding hydrogens is 323 g/mol. The lowest BCUT2D eigenvalue weighted by Gasteiger charge is -2.13. The van der Waals surface area contributed by atoms with Crippen LogP contribution in [0.1, 0.15) is 16.7 Å². The summed E-state index contributed by atoms with van der Waals surface area (Å²) in [7, 11) is 0. The molecule has 2 nitrogen and oxygen atoms in total. The van der Waals surface area contributed by atoms with Crippen molar-refractivity contribution in [2.45, 2.75) is 13.3 Å². The summed E-state index contributed by atoms with van der Waals surface area (Å²) in [5.41, 5.74) is 9.76. The summed E-state index contributed by atoms with van der Waals surface area (Å²) in [5, 5.41) is 4.69. The van der Waals surface area contributed by atoms with Crippen molar-refractivity contribution in [3.63, 3.8) is 0 Å². The van der Waals surface area contributed by atoms with Crippen molar-refractivity contribution in [1.82, 2.24) is 0 Å². The number of thiocarbonyl (C=S) groups is 1. The fourth-order valence-electron chi connectivity index (χ4n) is 2.08. The molecule has 0 saturated heterocycles. The highest BCUT2D eigenvalue weighted by Gasteiger charge is 2.06. The number of anilines is 1. The largest absolute Gasteiger partial charge is 0.389 e. The Morgan fingerprint density at radius 2 is 1.95 bits per heavy atom. The van der Waals surface area contributed by atoms with Gasteiger partial charge in [0.2, 0.25) is 0 Å². The summed E-state index contributed by atoms with van der Waals surface area (Å²) in [4.78, 5) is 0.391. The van der Waals surface area contributed by atoms with Crippen LogP contribution in [0.15, 0.2) is 36.4 Å². The van der Waals surface area contributed by atoms with E-state index >= 15 is 0 Å². The van der Waals surface area contributed by atoms with Crippen LogP contribution in [0.5, 0.6) is 0 Å². The molecule has 0 aliphatic carbocycles. The first-order valence-electron chi connectivity index (χ1n) is 6.55. The Hall–Kier alpha value is -1.29. The molecule has 0 bridgehead atoms. The maximum absolute atomic E-state index is 6.17. The number of halogens is 2. The summed E-state index contributed by atoms with van der Waals surface area (Å²) >= 11 is 17.1. The Kier molecular flexibility index (Phi) is 5.45. The third-order valence-electron chi connectivity index (χ3n) is 3.17. The quantitative estimate of drug-likeness (QED) is 0.783. The summed E-state index contributed by atoms with van der Waals surface area (Å²) < 4.78 is 0. The summed E-state index contributed by atoms with van der Waals surface area (Å²) in [5.74, 6) is 0. The lowest BCUT2D eigenvalue weighted by atomic mass is 10.1. The van der Waals surface area contributed by atoms with E-state index < -0.39 is 0 Å². The number of nitrogens with two attached hydrogens (primary N) is 1. The van der Waals surface area contributed by atoms with Crippen LogP contribution in [0.4, 0.5) is 5.69 Å². The van der Waals surface area contributed by atoms with Gasteiger partial charge in [-0.1, -0.05) is 47.6 Å². The highest BCUT2D eigenvalue weighted by Crippen LogP contribution is 2.22. The van der Waals surface area contributed by atoms with Crippen LogP contribution in [-0.4, -0.2) is 11.5 Å². The summed E-state index contributed by atoms with van der Waals surface area (Å²) in [6.07, 6.45) is 0.792. The summed E-state index contributed by atoms with van der Waals surface area (Å²) in [6.45, 7) is 2.77. The van der Waals surface area contributed by atoms with E-state index in [1.165, 1.54) is 0 Å². The van der Waals surface area contributed by atoms with Gasteiger partial charge in [0, 0.05) is 27.8 Å². The number of aryl methyl sites for hydroxylation is 1. The van der Waals surface area contributed by atoms with Crippen molar-refractivity contribution in [3.05, 3.63) is 63.1 Å². The van der Waals surface area contributed by atoms with Crippen molar-refractivity contribution < 1.29 is 0 Å². The minimum atomic E-state index is 0.391. The highest BCUT2D eigenvalue weighted by atomic mass is 35.5. The number of hydrogen-bond acceptors (Lipinski definition) is 2. The zero-order valence-electron chi connectivity index (χ0n) is 11.6. The van der Waals surface area contributed by atoms with Crippen LogP contribution in [0.3, 0.4) is 0 Å². The first-order valence-corrected chi connectivity index (χ1v) is 7.72. The third kappa shape index (κ3) is 4.34. The predicted molar refractivity (Wildman–Crippen MR) is 95.7 cm³/mol. The first kappa shape index (κ1) is 16.1. The Bertz CT molecular complexity index is 671. The molecule has 2 aromatic rings. The van der Waals surface area contributed by atoms with Gasteiger partial charge in [-0.25, -0.2) is 0 Å². The van der Waals surface area contributed by atoms with Crippen molar-refractivity contribution in [3.8, 4) is 0 Å². The van der Waals surface area contributed by atoms with E-state index in [-0.39, 0.29) is 0 Å². The monoisotopic (exact) mass is 338 g/mol. The molecule has 0 saturated carbocycles.